The summed E-state index contributed by atoms with van der Waals surface area (Å²) in [6.07, 6.45) is 10.1. The zero-order chi connectivity index (χ0) is 20.4. The minimum absolute atomic E-state index is 0.0379. The van der Waals surface area contributed by atoms with Crippen molar-refractivity contribution in [3.8, 4) is 16.7 Å². The number of nitrogens with one attached hydrogen (secondary N) is 1. The topological polar surface area (TPSA) is 60.5 Å². The highest BCUT2D eigenvalue weighted by Gasteiger charge is 2.44. The molecule has 0 unspecified atom stereocenters. The fraction of sp³-hybridized carbons (Fsp3) is 0.455. The number of hydrogen-bond acceptors (Lipinski definition) is 5. The van der Waals surface area contributed by atoms with Gasteiger partial charge in [0.15, 0.2) is 0 Å². The van der Waals surface area contributed by atoms with Crippen molar-refractivity contribution in [1.82, 2.24) is 10.3 Å². The Hall–Kier alpha value is -2.05. The Morgan fingerprint density at radius 3 is 2.93 bits per heavy atom. The van der Waals surface area contributed by atoms with Crippen LogP contribution in [0.5, 0.6) is 16.7 Å². The van der Waals surface area contributed by atoms with Crippen molar-refractivity contribution in [1.29, 1.82) is 0 Å². The van der Waals surface area contributed by atoms with Crippen LogP contribution >= 0.6 is 22.9 Å². The van der Waals surface area contributed by atoms with Gasteiger partial charge in [-0.25, -0.2) is 4.98 Å². The molecule has 0 radical (unpaired) electrons. The number of nitrogens with zero attached hydrogens (tertiary/aromatic N) is 1. The first-order valence-corrected chi connectivity index (χ1v) is 11.2. The Kier molecular flexibility index (Phi) is 5.83. The van der Waals surface area contributed by atoms with Crippen LogP contribution in [0.2, 0.25) is 5.02 Å². The summed E-state index contributed by atoms with van der Waals surface area (Å²) in [4.78, 5) is 17.3. The van der Waals surface area contributed by atoms with Crippen LogP contribution in [0, 0.1) is 11.3 Å². The van der Waals surface area contributed by atoms with E-state index in [1.165, 1.54) is 24.2 Å². The average Bonchev–Trinajstić information content (AvgIpc) is 3.61. The fourth-order valence-electron chi connectivity index (χ4n) is 2.72. The number of hydrogen-bond donors (Lipinski definition) is 1. The second-order valence-corrected chi connectivity index (χ2v) is 9.59. The summed E-state index contributed by atoms with van der Waals surface area (Å²) in [6, 6.07) is 5.41. The van der Waals surface area contributed by atoms with E-state index in [-0.39, 0.29) is 17.4 Å². The highest BCUT2D eigenvalue weighted by Crippen LogP contribution is 2.45. The van der Waals surface area contributed by atoms with Crippen molar-refractivity contribution < 1.29 is 14.3 Å². The molecule has 1 heterocycles. The molecule has 1 aromatic carbocycles. The van der Waals surface area contributed by atoms with Crippen LogP contribution in [0.25, 0.3) is 6.08 Å². The summed E-state index contributed by atoms with van der Waals surface area (Å²) in [5.74, 6) is 2.13. The maximum absolute atomic E-state index is 12.1. The van der Waals surface area contributed by atoms with Crippen LogP contribution in [0.3, 0.4) is 0 Å². The molecule has 0 spiro atoms. The van der Waals surface area contributed by atoms with E-state index in [0.717, 1.165) is 30.1 Å². The standard InChI is InChI=1S/C22H25ClN2O3S/c1-14(25-20(26)22(2)9-10-22)3-7-17-12-24-21(29-17)28-19-8-6-16(11-18(19)23)27-13-15-4-5-15/h3,6-8,11-12,14-15H,4-5,9-10,13H2,1-2H3,(H,25,26)/t14-/m0/s1. The molecule has 29 heavy (non-hydrogen) atoms. The molecule has 2 aliphatic rings. The first kappa shape index (κ1) is 20.2. The van der Waals surface area contributed by atoms with Gasteiger partial charge in [0.05, 0.1) is 16.5 Å². The third-order valence-electron chi connectivity index (χ3n) is 5.24. The molecular formula is C22H25ClN2O3S. The number of thiazole rings is 1. The molecule has 1 amide bonds. The van der Waals surface area contributed by atoms with Crippen LogP contribution in [-0.4, -0.2) is 23.5 Å². The van der Waals surface area contributed by atoms with Gasteiger partial charge in [-0.3, -0.25) is 4.79 Å². The number of amides is 1. The summed E-state index contributed by atoms with van der Waals surface area (Å²) in [5.41, 5.74) is -0.161. The van der Waals surface area contributed by atoms with Gasteiger partial charge in [-0.2, -0.15) is 0 Å². The Morgan fingerprint density at radius 1 is 1.45 bits per heavy atom. The highest BCUT2D eigenvalue weighted by atomic mass is 35.5. The van der Waals surface area contributed by atoms with Gasteiger partial charge in [-0.15, -0.1) is 0 Å². The first-order valence-electron chi connectivity index (χ1n) is 9.96. The van der Waals surface area contributed by atoms with E-state index in [0.29, 0.717) is 21.9 Å². The highest BCUT2D eigenvalue weighted by molar-refractivity contribution is 7.14. The third kappa shape index (κ3) is 5.52. The molecule has 2 aliphatic carbocycles. The van der Waals surface area contributed by atoms with Gasteiger partial charge in [0.25, 0.3) is 5.19 Å². The zero-order valence-electron chi connectivity index (χ0n) is 16.6. The van der Waals surface area contributed by atoms with Crippen LogP contribution in [0.1, 0.15) is 44.4 Å². The Bertz CT molecular complexity index is 919. The number of aromatic nitrogens is 1. The number of carbonyl (C=O) groups excluding carboxylic acids is 1. The lowest BCUT2D eigenvalue weighted by Gasteiger charge is -2.13. The number of halogens is 1. The smallest absolute Gasteiger partial charge is 0.279 e. The molecule has 154 valence electrons. The summed E-state index contributed by atoms with van der Waals surface area (Å²) in [7, 11) is 0. The lowest BCUT2D eigenvalue weighted by atomic mass is 10.1. The monoisotopic (exact) mass is 432 g/mol. The quantitative estimate of drug-likeness (QED) is 0.552. The molecule has 0 saturated heterocycles. The van der Waals surface area contributed by atoms with E-state index in [9.17, 15) is 4.79 Å². The third-order valence-corrected chi connectivity index (χ3v) is 6.38. The molecular weight excluding hydrogens is 408 g/mol. The number of carbonyl (C=O) groups is 1. The number of ether oxygens (including phenoxy) is 2. The van der Waals surface area contributed by atoms with Gasteiger partial charge in [-0.05, 0) is 56.7 Å². The van der Waals surface area contributed by atoms with Crippen molar-refractivity contribution in [3.05, 3.63) is 40.4 Å². The SMILES string of the molecule is C[C@@H](C=Cc1cnc(Oc2ccc(OCC3CC3)cc2Cl)s1)NC(=O)C1(C)CC1. The average molecular weight is 433 g/mol. The number of rotatable bonds is 9. The summed E-state index contributed by atoms with van der Waals surface area (Å²) < 4.78 is 11.6. The van der Waals surface area contributed by atoms with Crippen LogP contribution in [0.4, 0.5) is 0 Å². The van der Waals surface area contributed by atoms with Crippen molar-refractivity contribution >= 4 is 34.9 Å². The lowest BCUT2D eigenvalue weighted by Crippen LogP contribution is -2.36. The molecule has 1 aromatic heterocycles. The second kappa shape index (κ2) is 8.36. The van der Waals surface area contributed by atoms with E-state index >= 15 is 0 Å². The van der Waals surface area contributed by atoms with Gasteiger partial charge in [-0.1, -0.05) is 35.9 Å². The Labute approximate surface area is 180 Å². The summed E-state index contributed by atoms with van der Waals surface area (Å²) in [5, 5.41) is 4.04. The molecule has 1 atom stereocenters. The molecule has 5 nitrogen and oxygen atoms in total. The Morgan fingerprint density at radius 2 is 2.24 bits per heavy atom. The fourth-order valence-corrected chi connectivity index (χ4v) is 3.62. The number of benzene rings is 1. The largest absolute Gasteiger partial charge is 0.493 e. The van der Waals surface area contributed by atoms with E-state index in [1.807, 2.05) is 32.1 Å². The van der Waals surface area contributed by atoms with E-state index in [2.05, 4.69) is 10.3 Å². The van der Waals surface area contributed by atoms with Crippen LogP contribution in [-0.2, 0) is 4.79 Å². The molecule has 7 heteroatoms. The van der Waals surface area contributed by atoms with Gasteiger partial charge < -0.3 is 14.8 Å². The first-order chi connectivity index (χ1) is 13.9. The van der Waals surface area contributed by atoms with E-state index < -0.39 is 0 Å². The van der Waals surface area contributed by atoms with Crippen molar-refractivity contribution in [2.24, 2.45) is 11.3 Å². The predicted octanol–water partition coefficient (Wildman–Crippen LogP) is 5.70. The van der Waals surface area contributed by atoms with E-state index in [1.54, 1.807) is 18.3 Å². The molecule has 2 fully saturated rings. The summed E-state index contributed by atoms with van der Waals surface area (Å²) >= 11 is 7.75. The van der Waals surface area contributed by atoms with Gasteiger partial charge in [0, 0.05) is 23.7 Å². The van der Waals surface area contributed by atoms with Crippen molar-refractivity contribution in [3.63, 3.8) is 0 Å². The molecule has 4 rings (SSSR count). The van der Waals surface area contributed by atoms with E-state index in [4.69, 9.17) is 21.1 Å². The Balaban J connectivity index is 1.31. The van der Waals surface area contributed by atoms with Gasteiger partial charge >= 0.3 is 0 Å². The molecule has 0 aliphatic heterocycles. The minimum atomic E-state index is -0.161. The van der Waals surface area contributed by atoms with Crippen LogP contribution < -0.4 is 14.8 Å². The zero-order valence-corrected chi connectivity index (χ0v) is 18.2. The lowest BCUT2D eigenvalue weighted by molar-refractivity contribution is -0.126. The maximum Gasteiger partial charge on any atom is 0.279 e. The maximum atomic E-state index is 12.1. The van der Waals surface area contributed by atoms with Crippen molar-refractivity contribution in [2.75, 3.05) is 6.61 Å². The minimum Gasteiger partial charge on any atom is -0.493 e. The van der Waals surface area contributed by atoms with Crippen LogP contribution in [0.15, 0.2) is 30.5 Å². The summed E-state index contributed by atoms with van der Waals surface area (Å²) in [6.45, 7) is 4.71. The molecule has 1 N–H and O–H groups in total. The molecule has 2 aromatic rings. The second-order valence-electron chi connectivity index (χ2n) is 8.16. The van der Waals surface area contributed by atoms with Crippen molar-refractivity contribution in [2.45, 2.75) is 45.6 Å². The normalized spacial score (nSPS) is 18.4. The molecule has 0 bridgehead atoms. The van der Waals surface area contributed by atoms with Gasteiger partial charge in [0.2, 0.25) is 5.91 Å². The molecule has 2 saturated carbocycles. The predicted molar refractivity (Wildman–Crippen MR) is 116 cm³/mol. The van der Waals surface area contributed by atoms with Gasteiger partial charge in [0.1, 0.15) is 11.5 Å².